The topological polar surface area (TPSA) is 48.7 Å². The lowest BCUT2D eigenvalue weighted by Gasteiger charge is -2.11. The van der Waals surface area contributed by atoms with Crippen LogP contribution in [0.2, 0.25) is 0 Å². The molecule has 100 valence electrons. The van der Waals surface area contributed by atoms with Crippen LogP contribution in [0.5, 0.6) is 11.5 Å². The van der Waals surface area contributed by atoms with Gasteiger partial charge >= 0.3 is 0 Å². The molecule has 1 aromatic carbocycles. The maximum Gasteiger partial charge on any atom is 0.196 e. The van der Waals surface area contributed by atoms with Crippen LogP contribution in [0.3, 0.4) is 0 Å². The molecule has 4 nitrogen and oxygen atoms in total. The normalized spacial score (nSPS) is 10.3. The second-order valence-electron chi connectivity index (χ2n) is 4.30. The van der Waals surface area contributed by atoms with E-state index in [0.29, 0.717) is 28.4 Å². The van der Waals surface area contributed by atoms with Crippen molar-refractivity contribution in [1.29, 1.82) is 0 Å². The van der Waals surface area contributed by atoms with E-state index in [1.165, 1.54) is 6.26 Å². The Morgan fingerprint density at radius 2 is 1.68 bits per heavy atom. The summed E-state index contributed by atoms with van der Waals surface area (Å²) in [5.41, 5.74) is 1.95. The number of carbonyl (C=O) groups is 1. The second kappa shape index (κ2) is 5.18. The quantitative estimate of drug-likeness (QED) is 0.792. The zero-order chi connectivity index (χ0) is 14.0. The maximum atomic E-state index is 12.4. The van der Waals surface area contributed by atoms with Gasteiger partial charge in [-0.25, -0.2) is 0 Å². The van der Waals surface area contributed by atoms with E-state index in [1.807, 2.05) is 6.92 Å². The summed E-state index contributed by atoms with van der Waals surface area (Å²) in [4.78, 5) is 12.4. The van der Waals surface area contributed by atoms with Gasteiger partial charge in [-0.05, 0) is 37.6 Å². The average Bonchev–Trinajstić information content (AvgIpc) is 2.84. The fourth-order valence-electron chi connectivity index (χ4n) is 1.94. The van der Waals surface area contributed by atoms with Gasteiger partial charge in [-0.3, -0.25) is 4.79 Å². The molecule has 19 heavy (non-hydrogen) atoms. The summed E-state index contributed by atoms with van der Waals surface area (Å²) in [6, 6.07) is 5.20. The molecule has 0 bridgehead atoms. The lowest BCUT2D eigenvalue weighted by molar-refractivity contribution is 0.103. The second-order valence-corrected chi connectivity index (χ2v) is 4.30. The van der Waals surface area contributed by atoms with Crippen molar-refractivity contribution in [3.8, 4) is 11.5 Å². The molecule has 0 atom stereocenters. The number of rotatable bonds is 4. The highest BCUT2D eigenvalue weighted by Crippen LogP contribution is 2.31. The number of aryl methyl sites for hydroxylation is 2. The molecule has 0 unspecified atom stereocenters. The Bertz CT molecular complexity index is 611. The molecule has 0 aliphatic rings. The van der Waals surface area contributed by atoms with Gasteiger partial charge in [0.1, 0.15) is 12.0 Å². The summed E-state index contributed by atoms with van der Waals surface area (Å²) in [7, 11) is 3.11. The zero-order valence-corrected chi connectivity index (χ0v) is 11.4. The van der Waals surface area contributed by atoms with Crippen molar-refractivity contribution >= 4 is 5.78 Å². The zero-order valence-electron chi connectivity index (χ0n) is 11.4. The van der Waals surface area contributed by atoms with Crippen LogP contribution in [-0.2, 0) is 0 Å². The summed E-state index contributed by atoms with van der Waals surface area (Å²) in [5.74, 6) is 1.77. The van der Waals surface area contributed by atoms with Gasteiger partial charge in [0.25, 0.3) is 0 Å². The first-order valence-corrected chi connectivity index (χ1v) is 5.89. The van der Waals surface area contributed by atoms with E-state index in [4.69, 9.17) is 13.9 Å². The minimum atomic E-state index is -0.0877. The monoisotopic (exact) mass is 260 g/mol. The van der Waals surface area contributed by atoms with E-state index in [-0.39, 0.29) is 5.78 Å². The third kappa shape index (κ3) is 2.47. The van der Waals surface area contributed by atoms with Crippen molar-refractivity contribution in [2.24, 2.45) is 0 Å². The largest absolute Gasteiger partial charge is 0.493 e. The molecule has 0 aliphatic carbocycles. The minimum Gasteiger partial charge on any atom is -0.493 e. The minimum absolute atomic E-state index is 0.0877. The molecule has 2 aromatic rings. The molecular weight excluding hydrogens is 244 g/mol. The summed E-state index contributed by atoms with van der Waals surface area (Å²) in [5, 5.41) is 0. The third-order valence-corrected chi connectivity index (χ3v) is 2.97. The van der Waals surface area contributed by atoms with Crippen LogP contribution in [-0.4, -0.2) is 20.0 Å². The van der Waals surface area contributed by atoms with Crippen molar-refractivity contribution in [2.45, 2.75) is 13.8 Å². The van der Waals surface area contributed by atoms with Crippen molar-refractivity contribution in [3.63, 3.8) is 0 Å². The van der Waals surface area contributed by atoms with Crippen LogP contribution < -0.4 is 9.47 Å². The molecule has 1 heterocycles. The van der Waals surface area contributed by atoms with E-state index in [1.54, 1.807) is 39.3 Å². The SMILES string of the molecule is COc1cc(C)c(C(=O)c2coc(C)c2)cc1OC. The van der Waals surface area contributed by atoms with Crippen LogP contribution in [0, 0.1) is 13.8 Å². The van der Waals surface area contributed by atoms with Gasteiger partial charge in [0.05, 0.1) is 19.8 Å². The number of ketones is 1. The molecule has 0 N–H and O–H groups in total. The first-order valence-electron chi connectivity index (χ1n) is 5.89. The van der Waals surface area contributed by atoms with E-state index >= 15 is 0 Å². The summed E-state index contributed by atoms with van der Waals surface area (Å²) in [6.45, 7) is 3.67. The van der Waals surface area contributed by atoms with Crippen molar-refractivity contribution in [2.75, 3.05) is 14.2 Å². The van der Waals surface area contributed by atoms with Crippen molar-refractivity contribution in [3.05, 3.63) is 46.9 Å². The average molecular weight is 260 g/mol. The highest BCUT2D eigenvalue weighted by atomic mass is 16.5. The van der Waals surface area contributed by atoms with Crippen LogP contribution >= 0.6 is 0 Å². The highest BCUT2D eigenvalue weighted by molar-refractivity contribution is 6.10. The Hall–Kier alpha value is -2.23. The number of ether oxygens (including phenoxy) is 2. The first-order chi connectivity index (χ1) is 9.06. The van der Waals surface area contributed by atoms with Gasteiger partial charge < -0.3 is 13.9 Å². The number of furan rings is 1. The van der Waals surface area contributed by atoms with Crippen LogP contribution in [0.4, 0.5) is 0 Å². The summed E-state index contributed by atoms with van der Waals surface area (Å²) in [6.07, 6.45) is 1.47. The Labute approximate surface area is 111 Å². The van der Waals surface area contributed by atoms with Gasteiger partial charge in [0, 0.05) is 5.56 Å². The Kier molecular flexibility index (Phi) is 3.60. The van der Waals surface area contributed by atoms with E-state index in [9.17, 15) is 4.79 Å². The molecular formula is C15H16O4. The van der Waals surface area contributed by atoms with Gasteiger partial charge in [-0.2, -0.15) is 0 Å². The predicted molar refractivity (Wildman–Crippen MR) is 71.2 cm³/mol. The van der Waals surface area contributed by atoms with E-state index < -0.39 is 0 Å². The Morgan fingerprint density at radius 1 is 1.05 bits per heavy atom. The highest BCUT2D eigenvalue weighted by Gasteiger charge is 2.17. The maximum absolute atomic E-state index is 12.4. The molecule has 0 amide bonds. The molecule has 0 spiro atoms. The summed E-state index contributed by atoms with van der Waals surface area (Å²) < 4.78 is 15.6. The van der Waals surface area contributed by atoms with Gasteiger partial charge in [0.15, 0.2) is 17.3 Å². The van der Waals surface area contributed by atoms with Crippen LogP contribution in [0.1, 0.15) is 27.2 Å². The molecule has 0 radical (unpaired) electrons. The van der Waals surface area contributed by atoms with Crippen LogP contribution in [0.15, 0.2) is 28.9 Å². The number of methoxy groups -OCH3 is 2. The molecule has 0 saturated carbocycles. The lowest BCUT2D eigenvalue weighted by Crippen LogP contribution is -2.04. The standard InChI is InChI=1S/C15H16O4/c1-9-5-13(17-3)14(18-4)7-12(9)15(16)11-6-10(2)19-8-11/h5-8H,1-4H3. The number of hydrogen-bond donors (Lipinski definition) is 0. The van der Waals surface area contributed by atoms with Gasteiger partial charge in [0.2, 0.25) is 0 Å². The molecule has 2 rings (SSSR count). The van der Waals surface area contributed by atoms with E-state index in [2.05, 4.69) is 0 Å². The Balaban J connectivity index is 2.47. The number of carbonyl (C=O) groups excluding carboxylic acids is 1. The number of hydrogen-bond acceptors (Lipinski definition) is 4. The Morgan fingerprint density at radius 3 is 2.21 bits per heavy atom. The first kappa shape index (κ1) is 13.2. The molecule has 0 saturated heterocycles. The molecule has 4 heteroatoms. The van der Waals surface area contributed by atoms with Crippen molar-refractivity contribution < 1.29 is 18.7 Å². The number of benzene rings is 1. The molecule has 1 aromatic heterocycles. The lowest BCUT2D eigenvalue weighted by atomic mass is 10.00. The molecule has 0 aliphatic heterocycles. The smallest absolute Gasteiger partial charge is 0.196 e. The van der Waals surface area contributed by atoms with Gasteiger partial charge in [-0.1, -0.05) is 0 Å². The van der Waals surface area contributed by atoms with Crippen molar-refractivity contribution in [1.82, 2.24) is 0 Å². The molecule has 0 fully saturated rings. The van der Waals surface area contributed by atoms with Crippen LogP contribution in [0.25, 0.3) is 0 Å². The fourth-order valence-corrected chi connectivity index (χ4v) is 1.94. The summed E-state index contributed by atoms with van der Waals surface area (Å²) >= 11 is 0. The van der Waals surface area contributed by atoms with E-state index in [0.717, 1.165) is 5.56 Å². The third-order valence-electron chi connectivity index (χ3n) is 2.97. The van der Waals surface area contributed by atoms with Gasteiger partial charge in [-0.15, -0.1) is 0 Å². The predicted octanol–water partition coefficient (Wildman–Crippen LogP) is 3.14. The fraction of sp³-hybridized carbons (Fsp3) is 0.267.